The Kier molecular flexibility index (Phi) is 2.70. The van der Waals surface area contributed by atoms with E-state index in [2.05, 4.69) is 0 Å². The lowest BCUT2D eigenvalue weighted by Crippen LogP contribution is -1.95. The minimum atomic E-state index is -0.656. The van der Waals surface area contributed by atoms with E-state index in [9.17, 15) is 9.50 Å². The third kappa shape index (κ3) is 1.59. The number of halogens is 2. The van der Waals surface area contributed by atoms with Gasteiger partial charge in [-0.15, -0.1) is 0 Å². The molecule has 1 aromatic rings. The first kappa shape index (κ1) is 9.49. The van der Waals surface area contributed by atoms with Crippen LogP contribution in [0.3, 0.4) is 0 Å². The average Bonchev–Trinajstić information content (AvgIpc) is 2.00. The van der Waals surface area contributed by atoms with Gasteiger partial charge in [0.25, 0.3) is 0 Å². The molecule has 0 aromatic heterocycles. The van der Waals surface area contributed by atoms with Crippen molar-refractivity contribution in [2.45, 2.75) is 20.0 Å². The van der Waals surface area contributed by atoms with Gasteiger partial charge < -0.3 is 5.11 Å². The third-order valence-corrected chi connectivity index (χ3v) is 2.30. The van der Waals surface area contributed by atoms with Crippen molar-refractivity contribution < 1.29 is 9.50 Å². The van der Waals surface area contributed by atoms with Crippen molar-refractivity contribution >= 4 is 11.6 Å². The van der Waals surface area contributed by atoms with Crippen molar-refractivity contribution in [2.24, 2.45) is 0 Å². The van der Waals surface area contributed by atoms with Crippen LogP contribution in [-0.2, 0) is 0 Å². The summed E-state index contributed by atoms with van der Waals surface area (Å²) in [6, 6.07) is 2.80. The van der Waals surface area contributed by atoms with Crippen LogP contribution in [0, 0.1) is 12.7 Å². The number of rotatable bonds is 1. The fourth-order valence-corrected chi connectivity index (χ4v) is 1.32. The summed E-state index contributed by atoms with van der Waals surface area (Å²) in [6.07, 6.45) is -0.656. The molecule has 0 spiro atoms. The molecular weight excluding hydrogens is 179 g/mol. The first-order valence-corrected chi connectivity index (χ1v) is 4.04. The van der Waals surface area contributed by atoms with Crippen molar-refractivity contribution in [3.05, 3.63) is 34.1 Å². The smallest absolute Gasteiger partial charge is 0.127 e. The van der Waals surface area contributed by atoms with Crippen LogP contribution in [0.1, 0.15) is 24.2 Å². The van der Waals surface area contributed by atoms with Crippen LogP contribution in [0.4, 0.5) is 4.39 Å². The molecule has 3 heteroatoms. The van der Waals surface area contributed by atoms with Crippen molar-refractivity contribution in [3.8, 4) is 0 Å². The molecule has 12 heavy (non-hydrogen) atoms. The predicted octanol–water partition coefficient (Wildman–Crippen LogP) is 2.84. The second-order valence-corrected chi connectivity index (χ2v) is 3.13. The Morgan fingerprint density at radius 3 is 2.58 bits per heavy atom. The first-order chi connectivity index (χ1) is 5.54. The Morgan fingerprint density at radius 2 is 2.08 bits per heavy atom. The molecule has 0 saturated carbocycles. The van der Waals surface area contributed by atoms with Crippen LogP contribution >= 0.6 is 11.6 Å². The molecule has 1 atom stereocenters. The standard InChI is InChI=1S/C9H10ClFO/c1-5-8(11)4-3-7(6(2)12)9(5)10/h3-4,6,12H,1-2H3. The van der Waals surface area contributed by atoms with E-state index in [-0.39, 0.29) is 5.82 Å². The Morgan fingerprint density at radius 1 is 1.50 bits per heavy atom. The van der Waals surface area contributed by atoms with E-state index in [4.69, 9.17) is 11.6 Å². The summed E-state index contributed by atoms with van der Waals surface area (Å²) in [6.45, 7) is 3.18. The molecule has 0 fully saturated rings. The van der Waals surface area contributed by atoms with Gasteiger partial charge in [-0.1, -0.05) is 17.7 Å². The summed E-state index contributed by atoms with van der Waals surface area (Å²) < 4.78 is 12.9. The Hall–Kier alpha value is -0.600. The largest absolute Gasteiger partial charge is 0.389 e. The molecule has 0 aliphatic rings. The topological polar surface area (TPSA) is 20.2 Å². The first-order valence-electron chi connectivity index (χ1n) is 3.66. The van der Waals surface area contributed by atoms with Gasteiger partial charge in [-0.05, 0) is 25.5 Å². The highest BCUT2D eigenvalue weighted by Crippen LogP contribution is 2.27. The van der Waals surface area contributed by atoms with E-state index in [1.165, 1.54) is 12.1 Å². The number of aliphatic hydroxyl groups excluding tert-OH is 1. The molecule has 1 nitrogen and oxygen atoms in total. The van der Waals surface area contributed by atoms with Gasteiger partial charge in [-0.3, -0.25) is 0 Å². The molecule has 0 bridgehead atoms. The van der Waals surface area contributed by atoms with Gasteiger partial charge in [0.1, 0.15) is 5.82 Å². The minimum Gasteiger partial charge on any atom is -0.389 e. The van der Waals surface area contributed by atoms with Crippen LogP contribution in [-0.4, -0.2) is 5.11 Å². The lowest BCUT2D eigenvalue weighted by atomic mass is 10.1. The summed E-state index contributed by atoms with van der Waals surface area (Å²) in [7, 11) is 0. The Bertz CT molecular complexity index is 297. The maximum absolute atomic E-state index is 12.9. The van der Waals surface area contributed by atoms with Crippen LogP contribution in [0.15, 0.2) is 12.1 Å². The third-order valence-electron chi connectivity index (χ3n) is 1.80. The van der Waals surface area contributed by atoms with Gasteiger partial charge in [0.15, 0.2) is 0 Å². The molecule has 0 heterocycles. The number of aliphatic hydroxyl groups is 1. The van der Waals surface area contributed by atoms with Gasteiger partial charge in [0.2, 0.25) is 0 Å². The Labute approximate surface area is 75.8 Å². The Balaban J connectivity index is 3.27. The molecular formula is C9H10ClFO. The average molecular weight is 189 g/mol. The van der Waals surface area contributed by atoms with Gasteiger partial charge in [-0.2, -0.15) is 0 Å². The summed E-state index contributed by atoms with van der Waals surface area (Å²) in [5.41, 5.74) is 0.950. The molecule has 1 N–H and O–H groups in total. The quantitative estimate of drug-likeness (QED) is 0.719. The van der Waals surface area contributed by atoms with Crippen molar-refractivity contribution in [1.29, 1.82) is 0 Å². The van der Waals surface area contributed by atoms with E-state index in [1.54, 1.807) is 13.8 Å². The molecule has 0 aliphatic carbocycles. The van der Waals surface area contributed by atoms with Crippen molar-refractivity contribution in [1.82, 2.24) is 0 Å². The van der Waals surface area contributed by atoms with Crippen LogP contribution in [0.25, 0.3) is 0 Å². The van der Waals surface area contributed by atoms with Gasteiger partial charge in [0, 0.05) is 5.56 Å². The lowest BCUT2D eigenvalue weighted by molar-refractivity contribution is 0.199. The maximum Gasteiger partial charge on any atom is 0.127 e. The molecule has 1 unspecified atom stereocenters. The van der Waals surface area contributed by atoms with Gasteiger partial charge >= 0.3 is 0 Å². The fourth-order valence-electron chi connectivity index (χ4n) is 1.01. The van der Waals surface area contributed by atoms with Gasteiger partial charge in [-0.25, -0.2) is 4.39 Å². The summed E-state index contributed by atoms with van der Waals surface area (Å²) >= 11 is 5.79. The highest BCUT2D eigenvalue weighted by atomic mass is 35.5. The van der Waals surface area contributed by atoms with E-state index >= 15 is 0 Å². The minimum absolute atomic E-state index is 0.310. The zero-order chi connectivity index (χ0) is 9.30. The second-order valence-electron chi connectivity index (χ2n) is 2.75. The highest BCUT2D eigenvalue weighted by molar-refractivity contribution is 6.32. The second kappa shape index (κ2) is 3.42. The molecule has 0 aliphatic heterocycles. The highest BCUT2D eigenvalue weighted by Gasteiger charge is 2.10. The van der Waals surface area contributed by atoms with Crippen molar-refractivity contribution in [2.75, 3.05) is 0 Å². The maximum atomic E-state index is 12.9. The number of hydrogen-bond donors (Lipinski definition) is 1. The molecule has 66 valence electrons. The van der Waals surface area contributed by atoms with E-state index < -0.39 is 6.10 Å². The molecule has 0 amide bonds. The predicted molar refractivity (Wildman–Crippen MR) is 46.8 cm³/mol. The zero-order valence-corrected chi connectivity index (χ0v) is 7.69. The van der Waals surface area contributed by atoms with E-state index in [0.717, 1.165) is 0 Å². The fraction of sp³-hybridized carbons (Fsp3) is 0.333. The van der Waals surface area contributed by atoms with Crippen molar-refractivity contribution in [3.63, 3.8) is 0 Å². The van der Waals surface area contributed by atoms with Gasteiger partial charge in [0.05, 0.1) is 11.1 Å². The molecule has 1 aromatic carbocycles. The summed E-state index contributed by atoms with van der Waals surface area (Å²) in [5.74, 6) is -0.343. The number of hydrogen-bond acceptors (Lipinski definition) is 1. The molecule has 1 rings (SSSR count). The SMILES string of the molecule is Cc1c(F)ccc(C(C)O)c1Cl. The number of benzene rings is 1. The zero-order valence-electron chi connectivity index (χ0n) is 6.94. The molecule has 0 radical (unpaired) electrons. The van der Waals surface area contributed by atoms with E-state index in [0.29, 0.717) is 16.1 Å². The monoisotopic (exact) mass is 188 g/mol. The van der Waals surface area contributed by atoms with E-state index in [1.807, 2.05) is 0 Å². The molecule has 0 saturated heterocycles. The normalized spacial score (nSPS) is 13.1. The lowest BCUT2D eigenvalue weighted by Gasteiger charge is -2.09. The summed E-state index contributed by atoms with van der Waals surface area (Å²) in [5, 5.41) is 9.52. The summed E-state index contributed by atoms with van der Waals surface area (Å²) in [4.78, 5) is 0. The van der Waals surface area contributed by atoms with Crippen LogP contribution in [0.5, 0.6) is 0 Å². The van der Waals surface area contributed by atoms with Crippen LogP contribution < -0.4 is 0 Å². The van der Waals surface area contributed by atoms with Crippen LogP contribution in [0.2, 0.25) is 5.02 Å².